The molecule has 2 heterocycles. The highest BCUT2D eigenvalue weighted by molar-refractivity contribution is 7.98. The first-order valence-corrected chi connectivity index (χ1v) is 8.29. The van der Waals surface area contributed by atoms with Crippen molar-refractivity contribution in [2.45, 2.75) is 11.7 Å². The zero-order valence-electron chi connectivity index (χ0n) is 12.5. The van der Waals surface area contributed by atoms with E-state index in [2.05, 4.69) is 9.97 Å². The first kappa shape index (κ1) is 15.5. The average molecular weight is 329 g/mol. The largest absolute Gasteiger partial charge is 0.481 e. The predicted octanol–water partition coefficient (Wildman–Crippen LogP) is 2.10. The Morgan fingerprint density at radius 1 is 1.39 bits per heavy atom. The van der Waals surface area contributed by atoms with Gasteiger partial charge in [0.1, 0.15) is 11.7 Å². The topological polar surface area (TPSA) is 83.4 Å². The maximum Gasteiger partial charge on any atom is 0.316 e. The number of nitrogens with zero attached hydrogens (tertiary/aromatic N) is 3. The molecule has 7 heteroatoms. The highest BCUT2D eigenvalue weighted by atomic mass is 32.2. The predicted molar refractivity (Wildman–Crippen MR) is 86.8 cm³/mol. The van der Waals surface area contributed by atoms with Crippen molar-refractivity contribution in [2.24, 2.45) is 5.92 Å². The summed E-state index contributed by atoms with van der Waals surface area (Å²) in [6.07, 6.45) is 3.29. The summed E-state index contributed by atoms with van der Waals surface area (Å²) in [5.41, 5.74) is 1.30. The van der Waals surface area contributed by atoms with E-state index in [1.54, 1.807) is 0 Å². The van der Waals surface area contributed by atoms with Crippen molar-refractivity contribution in [1.82, 2.24) is 9.97 Å². The molecule has 0 bridgehead atoms. The summed E-state index contributed by atoms with van der Waals surface area (Å²) in [5, 5.41) is 9.89. The number of carboxylic acids is 1. The van der Waals surface area contributed by atoms with Gasteiger partial charge in [0.25, 0.3) is 0 Å². The first-order chi connectivity index (χ1) is 11.1. The molecular formula is C16H15N3O3S. The summed E-state index contributed by atoms with van der Waals surface area (Å²) in [4.78, 5) is 34.1. The van der Waals surface area contributed by atoms with Crippen LogP contribution in [0.5, 0.6) is 0 Å². The van der Waals surface area contributed by atoms with Crippen molar-refractivity contribution in [1.29, 1.82) is 0 Å². The van der Waals surface area contributed by atoms with E-state index in [1.807, 2.05) is 41.5 Å². The number of anilines is 1. The molecule has 0 saturated heterocycles. The van der Waals surface area contributed by atoms with Crippen molar-refractivity contribution < 1.29 is 14.7 Å². The fourth-order valence-corrected chi connectivity index (χ4v) is 2.92. The minimum Gasteiger partial charge on any atom is -0.481 e. The van der Waals surface area contributed by atoms with E-state index in [1.165, 1.54) is 18.0 Å². The second kappa shape index (κ2) is 6.37. The zero-order valence-corrected chi connectivity index (χ0v) is 13.3. The molecule has 0 amide bonds. The van der Waals surface area contributed by atoms with Crippen molar-refractivity contribution in [3.05, 3.63) is 47.7 Å². The molecular weight excluding hydrogens is 314 g/mol. The molecule has 1 aromatic heterocycles. The van der Waals surface area contributed by atoms with Crippen LogP contribution in [0.15, 0.2) is 41.7 Å². The molecule has 1 atom stereocenters. The van der Waals surface area contributed by atoms with E-state index in [9.17, 15) is 14.7 Å². The molecule has 1 unspecified atom stereocenters. The van der Waals surface area contributed by atoms with Gasteiger partial charge < -0.3 is 10.0 Å². The molecule has 2 aromatic rings. The lowest BCUT2D eigenvalue weighted by molar-refractivity contribution is -0.139. The van der Waals surface area contributed by atoms with E-state index in [0.717, 1.165) is 5.56 Å². The summed E-state index contributed by atoms with van der Waals surface area (Å²) in [5.74, 6) is -2.12. The quantitative estimate of drug-likeness (QED) is 0.522. The van der Waals surface area contributed by atoms with E-state index >= 15 is 0 Å². The molecule has 1 aliphatic rings. The lowest BCUT2D eigenvalue weighted by Gasteiger charge is -2.32. The monoisotopic (exact) mass is 329 g/mol. The van der Waals surface area contributed by atoms with Crippen LogP contribution < -0.4 is 4.90 Å². The molecule has 1 aliphatic heterocycles. The highest BCUT2D eigenvalue weighted by Crippen LogP contribution is 2.30. The van der Waals surface area contributed by atoms with Gasteiger partial charge in [-0.15, -0.1) is 0 Å². The van der Waals surface area contributed by atoms with Crippen molar-refractivity contribution in [3.63, 3.8) is 0 Å². The van der Waals surface area contributed by atoms with Gasteiger partial charge in [-0.2, -0.15) is 0 Å². The number of carboxylic acid groups (broad SMARTS) is 1. The SMILES string of the molecule is CSc1ncc2c(n1)N(Cc1ccccc1)CC(C(=O)O)C2=O. The van der Waals surface area contributed by atoms with Gasteiger partial charge in [0.2, 0.25) is 0 Å². The van der Waals surface area contributed by atoms with E-state index in [4.69, 9.17) is 0 Å². The molecule has 23 heavy (non-hydrogen) atoms. The summed E-state index contributed by atoms with van der Waals surface area (Å²) < 4.78 is 0. The van der Waals surface area contributed by atoms with Crippen LogP contribution in [-0.4, -0.2) is 39.6 Å². The third kappa shape index (κ3) is 3.05. The number of ketones is 1. The Bertz CT molecular complexity index is 751. The molecule has 0 aliphatic carbocycles. The van der Waals surface area contributed by atoms with Gasteiger partial charge in [-0.05, 0) is 11.8 Å². The van der Waals surface area contributed by atoms with Crippen LogP contribution in [0.25, 0.3) is 0 Å². The normalized spacial score (nSPS) is 17.0. The van der Waals surface area contributed by atoms with Crippen LogP contribution in [0, 0.1) is 5.92 Å². The number of fused-ring (bicyclic) bond motifs is 1. The minimum atomic E-state index is -1.12. The molecule has 0 radical (unpaired) electrons. The van der Waals surface area contributed by atoms with Crippen LogP contribution in [0.2, 0.25) is 0 Å². The lowest BCUT2D eigenvalue weighted by Crippen LogP contribution is -2.43. The van der Waals surface area contributed by atoms with Gasteiger partial charge in [0.05, 0.1) is 5.56 Å². The van der Waals surface area contributed by atoms with Gasteiger partial charge in [-0.3, -0.25) is 9.59 Å². The minimum absolute atomic E-state index is 0.112. The second-order valence-electron chi connectivity index (χ2n) is 5.22. The number of aromatic nitrogens is 2. The molecule has 1 N–H and O–H groups in total. The number of Topliss-reactive ketones (excluding diaryl/α,β-unsaturated/α-hetero) is 1. The van der Waals surface area contributed by atoms with Crippen molar-refractivity contribution in [3.8, 4) is 0 Å². The van der Waals surface area contributed by atoms with Crippen molar-refractivity contribution in [2.75, 3.05) is 17.7 Å². The Morgan fingerprint density at radius 2 is 2.13 bits per heavy atom. The van der Waals surface area contributed by atoms with Gasteiger partial charge in [0.15, 0.2) is 10.9 Å². The Labute approximate surface area is 137 Å². The molecule has 1 aromatic carbocycles. The average Bonchev–Trinajstić information content (AvgIpc) is 2.57. The van der Waals surface area contributed by atoms with Gasteiger partial charge >= 0.3 is 5.97 Å². The standard InChI is InChI=1S/C16H15N3O3S/c1-23-16-17-7-11-13(20)12(15(21)22)9-19(14(11)18-16)8-10-5-3-2-4-6-10/h2-7,12H,8-9H2,1H3,(H,21,22). The third-order valence-electron chi connectivity index (χ3n) is 3.73. The number of hydrogen-bond acceptors (Lipinski definition) is 6. The molecule has 0 fully saturated rings. The number of benzene rings is 1. The molecule has 6 nitrogen and oxygen atoms in total. The lowest BCUT2D eigenvalue weighted by atomic mass is 9.93. The Hall–Kier alpha value is -2.41. The summed E-state index contributed by atoms with van der Waals surface area (Å²) in [6.45, 7) is 0.608. The molecule has 3 rings (SSSR count). The van der Waals surface area contributed by atoms with Gasteiger partial charge in [-0.25, -0.2) is 9.97 Å². The van der Waals surface area contributed by atoms with Crippen LogP contribution >= 0.6 is 11.8 Å². The van der Waals surface area contributed by atoms with E-state index in [-0.39, 0.29) is 12.1 Å². The fraction of sp³-hybridized carbons (Fsp3) is 0.250. The number of rotatable bonds is 4. The Morgan fingerprint density at radius 3 is 2.78 bits per heavy atom. The fourth-order valence-electron chi connectivity index (χ4n) is 2.58. The van der Waals surface area contributed by atoms with Crippen LogP contribution in [-0.2, 0) is 11.3 Å². The smallest absolute Gasteiger partial charge is 0.316 e. The van der Waals surface area contributed by atoms with Crippen molar-refractivity contribution >= 4 is 29.3 Å². The number of carbonyl (C=O) groups excluding carboxylic acids is 1. The molecule has 118 valence electrons. The van der Waals surface area contributed by atoms with E-state index < -0.39 is 17.7 Å². The number of aliphatic carboxylic acids is 1. The van der Waals surface area contributed by atoms with Crippen LogP contribution in [0.1, 0.15) is 15.9 Å². The number of hydrogen-bond donors (Lipinski definition) is 1. The second-order valence-corrected chi connectivity index (χ2v) is 5.99. The van der Waals surface area contributed by atoms with Gasteiger partial charge in [-0.1, -0.05) is 42.1 Å². The first-order valence-electron chi connectivity index (χ1n) is 7.07. The highest BCUT2D eigenvalue weighted by Gasteiger charge is 2.38. The Balaban J connectivity index is 2.02. The number of thioether (sulfide) groups is 1. The third-order valence-corrected chi connectivity index (χ3v) is 4.29. The van der Waals surface area contributed by atoms with Gasteiger partial charge in [0, 0.05) is 19.3 Å². The summed E-state index contributed by atoms with van der Waals surface area (Å²) in [7, 11) is 0. The van der Waals surface area contributed by atoms with Crippen LogP contribution in [0.4, 0.5) is 5.82 Å². The Kier molecular flexibility index (Phi) is 4.29. The summed E-state index contributed by atoms with van der Waals surface area (Å²) >= 11 is 1.38. The maximum absolute atomic E-state index is 12.4. The molecule has 0 spiro atoms. The zero-order chi connectivity index (χ0) is 16.4. The number of carbonyl (C=O) groups is 2. The maximum atomic E-state index is 12.4. The molecule has 0 saturated carbocycles. The van der Waals surface area contributed by atoms with E-state index in [0.29, 0.717) is 17.5 Å². The van der Waals surface area contributed by atoms with Crippen LogP contribution in [0.3, 0.4) is 0 Å². The summed E-state index contributed by atoms with van der Waals surface area (Å²) in [6, 6.07) is 9.69.